The number of benzene rings is 2. The minimum Gasteiger partial charge on any atom is -0.437 e. The number of nitrogens with zero attached hydrogens (tertiary/aromatic N) is 2. The standard InChI is InChI=1S/C24H21N2O/c1-4-16-11-12-26(3)21(13-16)22-15(2)9-10-18-19-14-17-7-5-6-8-20(17)25-24(19)27-23(18)22/h5-14H,4H2,1-3H3/q+1. The van der Waals surface area contributed by atoms with Gasteiger partial charge in [-0.1, -0.05) is 37.3 Å². The van der Waals surface area contributed by atoms with Gasteiger partial charge in [-0.05, 0) is 36.6 Å². The third-order valence-corrected chi connectivity index (χ3v) is 5.42. The van der Waals surface area contributed by atoms with Crippen molar-refractivity contribution < 1.29 is 8.98 Å². The number of hydrogen-bond donors (Lipinski definition) is 0. The molecule has 0 N–H and O–H groups in total. The van der Waals surface area contributed by atoms with Gasteiger partial charge in [-0.2, -0.15) is 0 Å². The van der Waals surface area contributed by atoms with Gasteiger partial charge in [0.25, 0.3) is 0 Å². The fraction of sp³-hybridized carbons (Fsp3) is 0.167. The van der Waals surface area contributed by atoms with Gasteiger partial charge in [0.2, 0.25) is 11.4 Å². The molecule has 0 unspecified atom stereocenters. The maximum absolute atomic E-state index is 6.33. The Balaban J connectivity index is 1.90. The summed E-state index contributed by atoms with van der Waals surface area (Å²) in [6.07, 6.45) is 3.14. The Kier molecular flexibility index (Phi) is 3.51. The lowest BCUT2D eigenvalue weighted by Gasteiger charge is -2.06. The number of pyridine rings is 2. The molecule has 0 radical (unpaired) electrons. The third kappa shape index (κ3) is 2.42. The van der Waals surface area contributed by atoms with Gasteiger partial charge in [-0.3, -0.25) is 0 Å². The summed E-state index contributed by atoms with van der Waals surface area (Å²) >= 11 is 0. The molecule has 0 aliphatic rings. The van der Waals surface area contributed by atoms with Crippen molar-refractivity contribution in [1.82, 2.24) is 4.98 Å². The molecular weight excluding hydrogens is 332 g/mol. The summed E-state index contributed by atoms with van der Waals surface area (Å²) in [4.78, 5) is 4.76. The van der Waals surface area contributed by atoms with Crippen molar-refractivity contribution >= 4 is 33.0 Å². The van der Waals surface area contributed by atoms with E-state index >= 15 is 0 Å². The minimum atomic E-state index is 0.699. The van der Waals surface area contributed by atoms with Crippen LogP contribution in [0, 0.1) is 6.92 Å². The minimum absolute atomic E-state index is 0.699. The summed E-state index contributed by atoms with van der Waals surface area (Å²) in [5, 5.41) is 3.32. The van der Waals surface area contributed by atoms with Crippen molar-refractivity contribution in [2.24, 2.45) is 7.05 Å². The van der Waals surface area contributed by atoms with E-state index in [1.807, 2.05) is 18.2 Å². The lowest BCUT2D eigenvalue weighted by atomic mass is 9.99. The average Bonchev–Trinajstić information content (AvgIpc) is 3.04. The first-order valence-electron chi connectivity index (χ1n) is 9.36. The highest BCUT2D eigenvalue weighted by molar-refractivity contribution is 6.11. The van der Waals surface area contributed by atoms with E-state index in [0.29, 0.717) is 5.71 Å². The lowest BCUT2D eigenvalue weighted by molar-refractivity contribution is -0.660. The predicted octanol–water partition coefficient (Wildman–Crippen LogP) is 5.50. The molecule has 3 heteroatoms. The van der Waals surface area contributed by atoms with Crippen LogP contribution in [-0.2, 0) is 13.5 Å². The van der Waals surface area contributed by atoms with Gasteiger partial charge >= 0.3 is 0 Å². The molecule has 0 saturated carbocycles. The highest BCUT2D eigenvalue weighted by atomic mass is 16.3. The van der Waals surface area contributed by atoms with E-state index in [9.17, 15) is 0 Å². The van der Waals surface area contributed by atoms with Crippen molar-refractivity contribution in [1.29, 1.82) is 0 Å². The number of para-hydroxylation sites is 1. The Labute approximate surface area is 157 Å². The summed E-state index contributed by atoms with van der Waals surface area (Å²) in [5.41, 5.74) is 7.41. The molecule has 0 bridgehead atoms. The molecule has 2 aromatic carbocycles. The first kappa shape index (κ1) is 16.0. The Bertz CT molecular complexity index is 1330. The molecule has 132 valence electrons. The topological polar surface area (TPSA) is 29.9 Å². The van der Waals surface area contributed by atoms with E-state index in [1.165, 1.54) is 16.8 Å². The number of hydrogen-bond acceptors (Lipinski definition) is 2. The van der Waals surface area contributed by atoms with Gasteiger partial charge in [-0.15, -0.1) is 0 Å². The van der Waals surface area contributed by atoms with Crippen LogP contribution in [0.25, 0.3) is 44.2 Å². The number of aromatic nitrogens is 2. The zero-order valence-electron chi connectivity index (χ0n) is 15.8. The number of furan rings is 1. The summed E-state index contributed by atoms with van der Waals surface area (Å²) in [5.74, 6) is 0. The smallest absolute Gasteiger partial charge is 0.227 e. The van der Waals surface area contributed by atoms with Crippen LogP contribution in [0.4, 0.5) is 0 Å². The Morgan fingerprint density at radius 2 is 1.85 bits per heavy atom. The highest BCUT2D eigenvalue weighted by Crippen LogP contribution is 2.37. The van der Waals surface area contributed by atoms with Gasteiger partial charge in [0.15, 0.2) is 11.8 Å². The van der Waals surface area contributed by atoms with E-state index in [-0.39, 0.29) is 0 Å². The second-order valence-electron chi connectivity index (χ2n) is 7.15. The van der Waals surface area contributed by atoms with Crippen LogP contribution in [0.2, 0.25) is 0 Å². The first-order chi connectivity index (χ1) is 13.2. The van der Waals surface area contributed by atoms with Gasteiger partial charge < -0.3 is 4.42 Å². The number of aryl methyl sites for hydroxylation is 3. The van der Waals surface area contributed by atoms with E-state index in [0.717, 1.165) is 39.2 Å². The summed E-state index contributed by atoms with van der Waals surface area (Å²) in [6, 6.07) is 19.1. The number of fused-ring (bicyclic) bond motifs is 4. The molecule has 0 spiro atoms. The molecule has 0 atom stereocenters. The second kappa shape index (κ2) is 5.92. The van der Waals surface area contributed by atoms with Crippen LogP contribution >= 0.6 is 0 Å². The number of rotatable bonds is 2. The van der Waals surface area contributed by atoms with Gasteiger partial charge in [0.1, 0.15) is 7.05 Å². The van der Waals surface area contributed by atoms with Gasteiger partial charge in [0, 0.05) is 28.3 Å². The molecule has 5 rings (SSSR count). The molecule has 0 aliphatic heterocycles. The second-order valence-corrected chi connectivity index (χ2v) is 7.15. The van der Waals surface area contributed by atoms with Crippen molar-refractivity contribution in [3.63, 3.8) is 0 Å². The predicted molar refractivity (Wildman–Crippen MR) is 110 cm³/mol. The van der Waals surface area contributed by atoms with Crippen LogP contribution in [-0.4, -0.2) is 4.98 Å². The molecule has 0 aliphatic carbocycles. The molecule has 0 fully saturated rings. The summed E-state index contributed by atoms with van der Waals surface area (Å²) in [6.45, 7) is 4.33. The molecule has 5 aromatic rings. The van der Waals surface area contributed by atoms with Crippen molar-refractivity contribution in [2.75, 3.05) is 0 Å². The van der Waals surface area contributed by atoms with Crippen molar-refractivity contribution in [3.8, 4) is 11.3 Å². The van der Waals surface area contributed by atoms with Crippen molar-refractivity contribution in [2.45, 2.75) is 20.3 Å². The molecule has 3 heterocycles. The summed E-state index contributed by atoms with van der Waals surface area (Å²) in [7, 11) is 2.09. The van der Waals surface area contributed by atoms with E-state index in [1.54, 1.807) is 0 Å². The van der Waals surface area contributed by atoms with E-state index < -0.39 is 0 Å². The normalized spacial score (nSPS) is 11.7. The highest BCUT2D eigenvalue weighted by Gasteiger charge is 2.21. The van der Waals surface area contributed by atoms with Gasteiger partial charge in [0.05, 0.1) is 11.1 Å². The quantitative estimate of drug-likeness (QED) is 0.392. The molecule has 27 heavy (non-hydrogen) atoms. The zero-order valence-corrected chi connectivity index (χ0v) is 15.8. The van der Waals surface area contributed by atoms with Crippen LogP contribution in [0.15, 0.2) is 65.2 Å². The summed E-state index contributed by atoms with van der Waals surface area (Å²) < 4.78 is 8.50. The Morgan fingerprint density at radius 1 is 1.00 bits per heavy atom. The van der Waals surface area contributed by atoms with E-state index in [2.05, 4.69) is 68.1 Å². The SMILES string of the molecule is CCc1cc[n+](C)c(-c2c(C)ccc3c2oc2nc4ccccc4cc23)c1. The first-order valence-corrected chi connectivity index (χ1v) is 9.36. The molecule has 3 nitrogen and oxygen atoms in total. The third-order valence-electron chi connectivity index (χ3n) is 5.42. The Morgan fingerprint density at radius 3 is 2.70 bits per heavy atom. The monoisotopic (exact) mass is 353 g/mol. The molecule has 3 aromatic heterocycles. The molecular formula is C24H21N2O+. The maximum atomic E-state index is 6.33. The fourth-order valence-electron chi connectivity index (χ4n) is 3.87. The fourth-order valence-corrected chi connectivity index (χ4v) is 3.87. The molecule has 0 saturated heterocycles. The van der Waals surface area contributed by atoms with Crippen LogP contribution in [0.3, 0.4) is 0 Å². The Hall–Kier alpha value is -3.20. The van der Waals surface area contributed by atoms with Crippen LogP contribution < -0.4 is 4.57 Å². The van der Waals surface area contributed by atoms with Gasteiger partial charge in [-0.25, -0.2) is 9.55 Å². The van der Waals surface area contributed by atoms with E-state index in [4.69, 9.17) is 9.40 Å². The maximum Gasteiger partial charge on any atom is 0.227 e. The zero-order chi connectivity index (χ0) is 18.5. The van der Waals surface area contributed by atoms with Crippen LogP contribution in [0.5, 0.6) is 0 Å². The van der Waals surface area contributed by atoms with Crippen LogP contribution in [0.1, 0.15) is 18.1 Å². The average molecular weight is 353 g/mol. The van der Waals surface area contributed by atoms with Crippen molar-refractivity contribution in [3.05, 3.63) is 71.9 Å². The lowest BCUT2D eigenvalue weighted by Crippen LogP contribution is -2.30. The molecule has 0 amide bonds. The largest absolute Gasteiger partial charge is 0.437 e.